The number of nitrogens with two attached hydrogens (primary N) is 1. The summed E-state index contributed by atoms with van der Waals surface area (Å²) in [6.45, 7) is 4.41. The van der Waals surface area contributed by atoms with E-state index in [4.69, 9.17) is 10.6 Å². The molecule has 35 heavy (non-hydrogen) atoms. The molecule has 2 heterocycles. The number of nitrogens with zero attached hydrogens (tertiary/aromatic N) is 2. The minimum atomic E-state index is -0.292. The number of ether oxygens (including phenoxy) is 1. The molecule has 0 fully saturated rings. The molecule has 0 unspecified atom stereocenters. The van der Waals surface area contributed by atoms with Gasteiger partial charge in [-0.05, 0) is 42.5 Å². The van der Waals surface area contributed by atoms with E-state index in [0.29, 0.717) is 42.4 Å². The van der Waals surface area contributed by atoms with Crippen LogP contribution < -0.4 is 16.6 Å². The Labute approximate surface area is 202 Å². The zero-order valence-electron chi connectivity index (χ0n) is 20.3. The molecule has 0 saturated heterocycles. The van der Waals surface area contributed by atoms with Crippen molar-refractivity contribution in [3.8, 4) is 0 Å². The fourth-order valence-electron chi connectivity index (χ4n) is 3.06. The second kappa shape index (κ2) is 15.6. The summed E-state index contributed by atoms with van der Waals surface area (Å²) >= 11 is 0. The van der Waals surface area contributed by atoms with Gasteiger partial charge in [0, 0.05) is 24.7 Å². The molecule has 12 heteroatoms. The summed E-state index contributed by atoms with van der Waals surface area (Å²) in [5.74, 6) is -0.400. The second-order valence-electron chi connectivity index (χ2n) is 6.88. The summed E-state index contributed by atoms with van der Waals surface area (Å²) in [5, 5.41) is 5.28. The number of amides is 1. The lowest BCUT2D eigenvalue weighted by Gasteiger charge is -2.06. The summed E-state index contributed by atoms with van der Waals surface area (Å²) in [6, 6.07) is 7.29. The van der Waals surface area contributed by atoms with Crippen LogP contribution in [0.2, 0.25) is 0 Å². The molecule has 3 rings (SSSR count). The molecule has 12 nitrogen and oxygen atoms in total. The second-order valence-corrected chi connectivity index (χ2v) is 6.88. The Morgan fingerprint density at radius 2 is 1.80 bits per heavy atom. The number of nitrogens with one attached hydrogen (secondary N) is 3. The largest absolute Gasteiger partial charge is 0.469 e. The number of methoxy groups -OCH3 is 1. The van der Waals surface area contributed by atoms with Crippen LogP contribution in [0.4, 0.5) is 5.95 Å². The molecule has 1 aromatic carbocycles. The first kappa shape index (κ1) is 28.8. The van der Waals surface area contributed by atoms with Crippen molar-refractivity contribution in [2.24, 2.45) is 5.34 Å². The quantitative estimate of drug-likeness (QED) is 0.153. The Morgan fingerprint density at radius 3 is 2.40 bits per heavy atom. The highest BCUT2D eigenvalue weighted by atomic mass is 16.7. The fourth-order valence-corrected chi connectivity index (χ4v) is 3.06. The Balaban J connectivity index is 0.000000926. The predicted molar refractivity (Wildman–Crippen MR) is 133 cm³/mol. The fraction of sp³-hybridized carbons (Fsp3) is 0.391. The SMILES string of the molecule is CC.COC(=O)CCCNC(=O)c1ccc(CCc2c[nH]c3nc(N)[nH]c(=O)c23)cc1.CON=O. The summed E-state index contributed by atoms with van der Waals surface area (Å²) in [5.41, 5.74) is 8.22. The van der Waals surface area contributed by atoms with Crippen molar-refractivity contribution in [1.29, 1.82) is 0 Å². The Morgan fingerprint density at radius 1 is 1.14 bits per heavy atom. The Bertz CT molecular complexity index is 1140. The lowest BCUT2D eigenvalue weighted by atomic mass is 10.0. The number of carbonyl (C=O) groups excluding carboxylic acids is 2. The normalized spacial score (nSPS) is 9.71. The van der Waals surface area contributed by atoms with Crippen LogP contribution in [0, 0.1) is 4.91 Å². The number of fused-ring (bicyclic) bond motifs is 1. The third-order valence-electron chi connectivity index (χ3n) is 4.69. The van der Waals surface area contributed by atoms with Gasteiger partial charge in [-0.1, -0.05) is 26.0 Å². The summed E-state index contributed by atoms with van der Waals surface area (Å²) in [4.78, 5) is 57.2. The van der Waals surface area contributed by atoms with Gasteiger partial charge >= 0.3 is 5.97 Å². The van der Waals surface area contributed by atoms with Gasteiger partial charge in [-0.3, -0.25) is 19.4 Å². The van der Waals surface area contributed by atoms with Gasteiger partial charge in [0.1, 0.15) is 12.8 Å². The minimum Gasteiger partial charge on any atom is -0.469 e. The van der Waals surface area contributed by atoms with E-state index in [1.807, 2.05) is 31.3 Å². The van der Waals surface area contributed by atoms with Gasteiger partial charge in [0.25, 0.3) is 11.5 Å². The molecule has 0 bridgehead atoms. The van der Waals surface area contributed by atoms with Crippen molar-refractivity contribution in [3.63, 3.8) is 0 Å². The van der Waals surface area contributed by atoms with Crippen LogP contribution in [-0.2, 0) is 27.2 Å². The van der Waals surface area contributed by atoms with Gasteiger partial charge in [-0.25, -0.2) is 0 Å². The smallest absolute Gasteiger partial charge is 0.305 e. The summed E-state index contributed by atoms with van der Waals surface area (Å²) in [6.07, 6.45) is 3.92. The highest BCUT2D eigenvalue weighted by molar-refractivity contribution is 5.94. The highest BCUT2D eigenvalue weighted by Gasteiger charge is 2.11. The van der Waals surface area contributed by atoms with Gasteiger partial charge in [-0.2, -0.15) is 4.98 Å². The molecule has 0 aliphatic heterocycles. The van der Waals surface area contributed by atoms with E-state index < -0.39 is 0 Å². The zero-order chi connectivity index (χ0) is 26.2. The standard InChI is InChI=1S/C20H23N5O4.C2H6.CH3NO2/c1-29-15(26)3-2-10-22-18(27)13-7-4-12(5-8-13)6-9-14-11-23-17-16(14)19(28)25-20(21)24-17;1-2;1-4-2-3/h4-5,7-8,11H,2-3,6,9-10H2,1H3,(H,22,27)(H4,21,23,24,25,28);1-2H3;1H3. The van der Waals surface area contributed by atoms with Gasteiger partial charge in [-0.15, -0.1) is 4.91 Å². The van der Waals surface area contributed by atoms with Crippen molar-refractivity contribution < 1.29 is 19.2 Å². The minimum absolute atomic E-state index is 0.0788. The van der Waals surface area contributed by atoms with E-state index in [-0.39, 0.29) is 29.8 Å². The van der Waals surface area contributed by atoms with Crippen LogP contribution in [0.15, 0.2) is 40.6 Å². The number of benzene rings is 1. The van der Waals surface area contributed by atoms with Crippen LogP contribution in [0.3, 0.4) is 0 Å². The number of rotatable bonds is 9. The van der Waals surface area contributed by atoms with Crippen molar-refractivity contribution in [2.45, 2.75) is 39.5 Å². The number of hydrogen-bond donors (Lipinski definition) is 4. The molecule has 0 saturated carbocycles. The van der Waals surface area contributed by atoms with Gasteiger partial charge in [0.2, 0.25) is 5.95 Å². The van der Waals surface area contributed by atoms with E-state index >= 15 is 0 Å². The Kier molecular flexibility index (Phi) is 12.8. The molecule has 3 aromatic rings. The molecular formula is C23H32N6O6. The van der Waals surface area contributed by atoms with Crippen LogP contribution in [-0.4, -0.2) is 47.6 Å². The lowest BCUT2D eigenvalue weighted by molar-refractivity contribution is -0.140. The Hall–Kier alpha value is -4.22. The molecule has 5 N–H and O–H groups in total. The molecular weight excluding hydrogens is 456 g/mol. The average Bonchev–Trinajstić information content (AvgIpc) is 3.29. The van der Waals surface area contributed by atoms with E-state index in [1.165, 1.54) is 14.2 Å². The van der Waals surface area contributed by atoms with E-state index in [0.717, 1.165) is 11.1 Å². The number of esters is 1. The molecule has 2 aromatic heterocycles. The summed E-state index contributed by atoms with van der Waals surface area (Å²) < 4.78 is 4.56. The van der Waals surface area contributed by atoms with E-state index in [1.54, 1.807) is 18.3 Å². The topological polar surface area (TPSA) is 182 Å². The molecule has 0 aliphatic carbocycles. The zero-order valence-corrected chi connectivity index (χ0v) is 20.3. The van der Waals surface area contributed by atoms with Gasteiger partial charge in [0.15, 0.2) is 5.34 Å². The predicted octanol–water partition coefficient (Wildman–Crippen LogP) is 2.64. The van der Waals surface area contributed by atoms with Gasteiger partial charge in [0.05, 0.1) is 12.5 Å². The third kappa shape index (κ3) is 9.27. The highest BCUT2D eigenvalue weighted by Crippen LogP contribution is 2.16. The van der Waals surface area contributed by atoms with E-state index in [2.05, 4.69) is 29.8 Å². The molecule has 0 aliphatic rings. The number of nitrogen functional groups attached to an aromatic ring is 1. The first-order valence-corrected chi connectivity index (χ1v) is 11.0. The van der Waals surface area contributed by atoms with Crippen LogP contribution >= 0.6 is 0 Å². The van der Waals surface area contributed by atoms with Crippen LogP contribution in [0.5, 0.6) is 0 Å². The molecule has 0 radical (unpaired) electrons. The maximum atomic E-state index is 12.1. The van der Waals surface area contributed by atoms with Crippen molar-refractivity contribution in [3.05, 3.63) is 62.4 Å². The average molecular weight is 489 g/mol. The molecule has 1 amide bonds. The van der Waals surface area contributed by atoms with Crippen molar-refractivity contribution >= 4 is 28.9 Å². The van der Waals surface area contributed by atoms with Crippen LogP contribution in [0.25, 0.3) is 11.0 Å². The number of aromatic nitrogens is 3. The first-order chi connectivity index (χ1) is 16.9. The van der Waals surface area contributed by atoms with Crippen molar-refractivity contribution in [2.75, 3.05) is 26.5 Å². The maximum Gasteiger partial charge on any atom is 0.305 e. The molecule has 190 valence electrons. The maximum absolute atomic E-state index is 12.1. The third-order valence-corrected chi connectivity index (χ3v) is 4.69. The number of carbonyl (C=O) groups is 2. The monoisotopic (exact) mass is 488 g/mol. The number of hydrogen-bond acceptors (Lipinski definition) is 9. The first-order valence-electron chi connectivity index (χ1n) is 11.0. The van der Waals surface area contributed by atoms with Crippen molar-refractivity contribution in [1.82, 2.24) is 20.3 Å². The summed E-state index contributed by atoms with van der Waals surface area (Å²) in [7, 11) is 2.54. The lowest BCUT2D eigenvalue weighted by Crippen LogP contribution is -2.24. The van der Waals surface area contributed by atoms with Crippen LogP contribution in [0.1, 0.15) is 48.2 Å². The number of H-pyrrole nitrogens is 2. The van der Waals surface area contributed by atoms with Gasteiger partial charge < -0.3 is 25.6 Å². The number of aromatic amines is 2. The molecule has 0 atom stereocenters. The molecule has 0 spiro atoms. The van der Waals surface area contributed by atoms with E-state index in [9.17, 15) is 14.4 Å². The number of anilines is 1. The number of aryl methyl sites for hydroxylation is 2.